The molecule has 0 aromatic carbocycles. The topological polar surface area (TPSA) is 54.0 Å². The van der Waals surface area contributed by atoms with Crippen LogP contribution in [0.4, 0.5) is 0 Å². The van der Waals surface area contributed by atoms with Gasteiger partial charge in [-0.05, 0) is 45.4 Å². The molecule has 0 amide bonds. The highest BCUT2D eigenvalue weighted by molar-refractivity contribution is 6.60. The molecule has 0 rings (SSSR count). The molecular formula is C22H44O5Si. The third-order valence-electron chi connectivity index (χ3n) is 4.54. The molecule has 0 aliphatic heterocycles. The minimum absolute atomic E-state index is 0.0742. The van der Waals surface area contributed by atoms with Crippen LogP contribution in [0.5, 0.6) is 0 Å². The van der Waals surface area contributed by atoms with E-state index in [2.05, 4.69) is 27.4 Å². The van der Waals surface area contributed by atoms with E-state index in [0.717, 1.165) is 90.1 Å². The van der Waals surface area contributed by atoms with Crippen LogP contribution in [0, 0.1) is 0 Å². The van der Waals surface area contributed by atoms with Crippen molar-refractivity contribution in [2.24, 2.45) is 0 Å². The van der Waals surface area contributed by atoms with Gasteiger partial charge in [0.15, 0.2) is 0 Å². The molecule has 0 fully saturated rings. The van der Waals surface area contributed by atoms with Gasteiger partial charge in [-0.25, -0.2) is 4.79 Å². The van der Waals surface area contributed by atoms with Crippen molar-refractivity contribution in [2.45, 2.75) is 104 Å². The van der Waals surface area contributed by atoms with Crippen LogP contribution >= 0.6 is 0 Å². The fourth-order valence-electron chi connectivity index (χ4n) is 2.71. The van der Waals surface area contributed by atoms with Crippen LogP contribution in [-0.4, -0.2) is 40.7 Å². The summed E-state index contributed by atoms with van der Waals surface area (Å²) >= 11 is 0. The molecule has 0 aromatic heterocycles. The molecule has 166 valence electrons. The quantitative estimate of drug-likeness (QED) is 0.105. The van der Waals surface area contributed by atoms with Crippen LogP contribution < -0.4 is 0 Å². The number of hydrogen-bond acceptors (Lipinski definition) is 5. The summed E-state index contributed by atoms with van der Waals surface area (Å²) in [5, 5.41) is 0. The average Bonchev–Trinajstić information content (AvgIpc) is 2.68. The van der Waals surface area contributed by atoms with E-state index in [4.69, 9.17) is 18.0 Å². The zero-order valence-corrected chi connectivity index (χ0v) is 19.8. The van der Waals surface area contributed by atoms with Crippen LogP contribution in [0.25, 0.3) is 0 Å². The zero-order chi connectivity index (χ0) is 21.1. The highest BCUT2D eigenvalue weighted by Crippen LogP contribution is 2.22. The lowest BCUT2D eigenvalue weighted by Gasteiger charge is -2.30. The second kappa shape index (κ2) is 18.3. The third kappa shape index (κ3) is 14.3. The smallest absolute Gasteiger partial charge is 0.460 e. The van der Waals surface area contributed by atoms with Gasteiger partial charge < -0.3 is 18.0 Å². The maximum atomic E-state index is 11.2. The number of esters is 1. The number of hydrogen-bond donors (Lipinski definition) is 0. The van der Waals surface area contributed by atoms with Gasteiger partial charge in [-0.1, -0.05) is 53.0 Å². The van der Waals surface area contributed by atoms with Crippen molar-refractivity contribution in [1.82, 2.24) is 0 Å². The molecule has 0 aromatic rings. The van der Waals surface area contributed by atoms with Gasteiger partial charge in [-0.2, -0.15) is 0 Å². The van der Waals surface area contributed by atoms with Crippen molar-refractivity contribution >= 4 is 14.8 Å². The van der Waals surface area contributed by atoms with Gasteiger partial charge >= 0.3 is 14.8 Å². The number of rotatable bonds is 20. The Morgan fingerprint density at radius 2 is 1.36 bits per heavy atom. The number of carbonyl (C=O) groups is 1. The predicted octanol–water partition coefficient (Wildman–Crippen LogP) is 6.05. The molecule has 0 heterocycles. The fraction of sp³-hybridized carbons (Fsp3) is 0.864. The fourth-order valence-corrected chi connectivity index (χ4v) is 5.44. The Morgan fingerprint density at radius 1 is 0.857 bits per heavy atom. The SMILES string of the molecule is C=CC(=O)OC(C)CCCCC[Si](OCCCC)(OCCCC)OCCCC. The Balaban J connectivity index is 4.54. The largest absolute Gasteiger partial charge is 0.500 e. The monoisotopic (exact) mass is 416 g/mol. The Morgan fingerprint density at radius 3 is 1.79 bits per heavy atom. The lowest BCUT2D eigenvalue weighted by Crippen LogP contribution is -2.46. The number of ether oxygens (including phenoxy) is 1. The highest BCUT2D eigenvalue weighted by atomic mass is 28.4. The van der Waals surface area contributed by atoms with E-state index >= 15 is 0 Å². The van der Waals surface area contributed by atoms with E-state index in [1.165, 1.54) is 6.08 Å². The second-order valence-corrected chi connectivity index (χ2v) is 10.1. The minimum atomic E-state index is -2.62. The van der Waals surface area contributed by atoms with E-state index in [-0.39, 0.29) is 12.1 Å². The molecule has 0 N–H and O–H groups in total. The Bertz CT molecular complexity index is 363. The maximum Gasteiger partial charge on any atom is 0.500 e. The summed E-state index contributed by atoms with van der Waals surface area (Å²) in [7, 11) is -2.62. The van der Waals surface area contributed by atoms with Gasteiger partial charge in [0.1, 0.15) is 0 Å². The van der Waals surface area contributed by atoms with Gasteiger partial charge in [0.25, 0.3) is 0 Å². The Kier molecular flexibility index (Phi) is 17.9. The number of carbonyl (C=O) groups excluding carboxylic acids is 1. The molecule has 0 aliphatic rings. The van der Waals surface area contributed by atoms with Crippen molar-refractivity contribution in [1.29, 1.82) is 0 Å². The van der Waals surface area contributed by atoms with Crippen molar-refractivity contribution < 1.29 is 22.8 Å². The van der Waals surface area contributed by atoms with Crippen molar-refractivity contribution in [2.75, 3.05) is 19.8 Å². The second-order valence-electron chi connectivity index (χ2n) is 7.34. The lowest BCUT2D eigenvalue weighted by molar-refractivity contribution is -0.142. The van der Waals surface area contributed by atoms with Crippen LogP contribution in [0.3, 0.4) is 0 Å². The summed E-state index contributed by atoms with van der Waals surface area (Å²) in [5.74, 6) is -0.350. The molecule has 0 bridgehead atoms. The molecule has 0 saturated heterocycles. The summed E-state index contributed by atoms with van der Waals surface area (Å²) in [5.41, 5.74) is 0. The van der Waals surface area contributed by atoms with E-state index in [0.29, 0.717) is 0 Å². The molecule has 1 unspecified atom stereocenters. The Hall–Kier alpha value is -0.693. The summed E-state index contributed by atoms with van der Waals surface area (Å²) < 4.78 is 24.0. The van der Waals surface area contributed by atoms with E-state index in [1.807, 2.05) is 6.92 Å². The van der Waals surface area contributed by atoms with Crippen molar-refractivity contribution in [3.8, 4) is 0 Å². The lowest BCUT2D eigenvalue weighted by atomic mass is 10.1. The predicted molar refractivity (Wildman–Crippen MR) is 117 cm³/mol. The molecule has 28 heavy (non-hydrogen) atoms. The van der Waals surface area contributed by atoms with E-state index in [1.54, 1.807) is 0 Å². The highest BCUT2D eigenvalue weighted by Gasteiger charge is 2.40. The van der Waals surface area contributed by atoms with Crippen molar-refractivity contribution in [3.05, 3.63) is 12.7 Å². The third-order valence-corrected chi connectivity index (χ3v) is 7.43. The van der Waals surface area contributed by atoms with Crippen molar-refractivity contribution in [3.63, 3.8) is 0 Å². The van der Waals surface area contributed by atoms with Gasteiger partial charge in [-0.3, -0.25) is 0 Å². The molecular weight excluding hydrogens is 372 g/mol. The summed E-state index contributed by atoms with van der Waals surface area (Å²) in [6.07, 6.45) is 11.5. The van der Waals surface area contributed by atoms with Gasteiger partial charge in [-0.15, -0.1) is 0 Å². The molecule has 1 atom stereocenters. The average molecular weight is 417 g/mol. The standard InChI is InChI=1S/C22H44O5Si/c1-6-10-17-24-28(25-18-11-7-2,26-19-12-8-3)20-15-13-14-16-21(5)27-22(23)9-4/h9,21H,4,6-8,10-20H2,1-3,5H3. The van der Waals surface area contributed by atoms with Crippen LogP contribution in [0.2, 0.25) is 6.04 Å². The van der Waals surface area contributed by atoms with E-state index in [9.17, 15) is 4.79 Å². The first-order valence-electron chi connectivity index (χ1n) is 11.3. The Labute approximate surface area is 174 Å². The summed E-state index contributed by atoms with van der Waals surface area (Å²) in [6, 6.07) is 0.866. The first kappa shape index (κ1) is 27.3. The molecule has 5 nitrogen and oxygen atoms in total. The molecule has 0 radical (unpaired) electrons. The number of unbranched alkanes of at least 4 members (excludes halogenated alkanes) is 5. The normalized spacial score (nSPS) is 12.7. The summed E-state index contributed by atoms with van der Waals surface area (Å²) in [6.45, 7) is 14.0. The van der Waals surface area contributed by atoms with Gasteiger partial charge in [0, 0.05) is 31.9 Å². The minimum Gasteiger partial charge on any atom is -0.460 e. The van der Waals surface area contributed by atoms with Crippen LogP contribution in [0.15, 0.2) is 12.7 Å². The molecule has 6 heteroatoms. The summed E-state index contributed by atoms with van der Waals surface area (Å²) in [4.78, 5) is 11.2. The van der Waals surface area contributed by atoms with Crippen LogP contribution in [0.1, 0.15) is 91.9 Å². The van der Waals surface area contributed by atoms with E-state index < -0.39 is 8.80 Å². The molecule has 0 aliphatic carbocycles. The first-order valence-corrected chi connectivity index (χ1v) is 13.2. The first-order chi connectivity index (χ1) is 13.5. The zero-order valence-electron chi connectivity index (χ0n) is 18.8. The van der Waals surface area contributed by atoms with Crippen LogP contribution in [-0.2, 0) is 22.8 Å². The molecule has 0 saturated carbocycles. The maximum absolute atomic E-state index is 11.2. The van der Waals surface area contributed by atoms with Gasteiger partial charge in [0.2, 0.25) is 0 Å². The molecule has 0 spiro atoms. The van der Waals surface area contributed by atoms with Gasteiger partial charge in [0.05, 0.1) is 6.10 Å².